The Kier molecular flexibility index (Phi) is 4.91. The number of rotatable bonds is 1. The van der Waals surface area contributed by atoms with Gasteiger partial charge in [-0.2, -0.15) is 0 Å². The molecule has 108 valence electrons. The number of carbonyl (C=O) groups is 3. The Balaban J connectivity index is 2.96. The minimum Gasteiger partial charge on any atom is -0.467 e. The highest BCUT2D eigenvalue weighted by atomic mass is 16.6. The molecule has 6 heteroatoms. The van der Waals surface area contributed by atoms with E-state index in [-0.39, 0.29) is 12.3 Å². The van der Waals surface area contributed by atoms with Gasteiger partial charge in [-0.1, -0.05) is 6.42 Å². The SMILES string of the molecule is COC(=O)[C@H]1CCCCC(=O)N1C(=O)OC(C)(C)C. The van der Waals surface area contributed by atoms with Gasteiger partial charge in [0.1, 0.15) is 11.6 Å². The number of imide groups is 1. The Morgan fingerprint density at radius 3 is 2.42 bits per heavy atom. The van der Waals surface area contributed by atoms with Crippen molar-refractivity contribution < 1.29 is 23.9 Å². The summed E-state index contributed by atoms with van der Waals surface area (Å²) in [4.78, 5) is 36.7. The Morgan fingerprint density at radius 2 is 1.89 bits per heavy atom. The Hall–Kier alpha value is -1.59. The predicted molar refractivity (Wildman–Crippen MR) is 67.4 cm³/mol. The van der Waals surface area contributed by atoms with Gasteiger partial charge in [-0.15, -0.1) is 0 Å². The summed E-state index contributed by atoms with van der Waals surface area (Å²) in [6.45, 7) is 5.13. The number of esters is 1. The van der Waals surface area contributed by atoms with Crippen LogP contribution in [0.15, 0.2) is 0 Å². The van der Waals surface area contributed by atoms with Crippen LogP contribution < -0.4 is 0 Å². The number of hydrogen-bond donors (Lipinski definition) is 0. The highest BCUT2D eigenvalue weighted by molar-refractivity contribution is 5.97. The van der Waals surface area contributed by atoms with Gasteiger partial charge >= 0.3 is 12.1 Å². The molecule has 2 amide bonds. The van der Waals surface area contributed by atoms with E-state index in [1.165, 1.54) is 7.11 Å². The number of methoxy groups -OCH3 is 1. The number of nitrogens with zero attached hydrogens (tertiary/aromatic N) is 1. The highest BCUT2D eigenvalue weighted by Crippen LogP contribution is 2.21. The molecular formula is C13H21NO5. The maximum Gasteiger partial charge on any atom is 0.417 e. The number of amides is 2. The molecule has 0 saturated carbocycles. The summed E-state index contributed by atoms with van der Waals surface area (Å²) in [6, 6.07) is -0.880. The molecule has 0 unspecified atom stereocenters. The minimum atomic E-state index is -0.880. The second-order valence-electron chi connectivity index (χ2n) is 5.53. The second-order valence-corrected chi connectivity index (χ2v) is 5.53. The molecular weight excluding hydrogens is 250 g/mol. The molecule has 1 atom stereocenters. The lowest BCUT2D eigenvalue weighted by molar-refractivity contribution is -0.151. The molecule has 0 N–H and O–H groups in total. The van der Waals surface area contributed by atoms with E-state index in [1.807, 2.05) is 0 Å². The van der Waals surface area contributed by atoms with Gasteiger partial charge in [-0.05, 0) is 33.6 Å². The number of carbonyl (C=O) groups excluding carboxylic acids is 3. The zero-order chi connectivity index (χ0) is 14.6. The molecule has 0 bridgehead atoms. The summed E-state index contributed by atoms with van der Waals surface area (Å²) in [5.74, 6) is -0.969. The summed E-state index contributed by atoms with van der Waals surface area (Å²) in [5, 5.41) is 0. The van der Waals surface area contributed by atoms with Gasteiger partial charge in [-0.25, -0.2) is 14.5 Å². The van der Waals surface area contributed by atoms with E-state index < -0.39 is 23.7 Å². The Bertz CT molecular complexity index is 372. The van der Waals surface area contributed by atoms with E-state index in [0.717, 1.165) is 4.90 Å². The maximum atomic E-state index is 12.1. The third-order valence-electron chi connectivity index (χ3n) is 2.76. The van der Waals surface area contributed by atoms with Crippen LogP contribution in [-0.2, 0) is 19.1 Å². The van der Waals surface area contributed by atoms with Crippen LogP contribution in [0, 0.1) is 0 Å². The van der Waals surface area contributed by atoms with E-state index in [9.17, 15) is 14.4 Å². The van der Waals surface area contributed by atoms with Crippen LogP contribution >= 0.6 is 0 Å². The normalized spacial score (nSPS) is 20.7. The van der Waals surface area contributed by atoms with Crippen molar-refractivity contribution in [3.63, 3.8) is 0 Å². The van der Waals surface area contributed by atoms with E-state index in [0.29, 0.717) is 19.3 Å². The summed E-state index contributed by atoms with van der Waals surface area (Å²) < 4.78 is 9.85. The van der Waals surface area contributed by atoms with Gasteiger partial charge in [0, 0.05) is 6.42 Å². The fourth-order valence-electron chi connectivity index (χ4n) is 1.94. The zero-order valence-electron chi connectivity index (χ0n) is 11.9. The van der Waals surface area contributed by atoms with E-state index in [4.69, 9.17) is 4.74 Å². The fourth-order valence-corrected chi connectivity index (χ4v) is 1.94. The number of likely N-dealkylation sites (tertiary alicyclic amines) is 1. The Labute approximate surface area is 113 Å². The molecule has 1 saturated heterocycles. The van der Waals surface area contributed by atoms with Crippen LogP contribution in [0.1, 0.15) is 46.5 Å². The standard InChI is InChI=1S/C13H21NO5/c1-13(2,3)19-12(17)14-9(11(16)18-4)7-5-6-8-10(14)15/h9H,5-8H2,1-4H3/t9-/m1/s1. The molecule has 0 aromatic rings. The molecule has 0 radical (unpaired) electrons. The highest BCUT2D eigenvalue weighted by Gasteiger charge is 2.39. The number of hydrogen-bond acceptors (Lipinski definition) is 5. The van der Waals surface area contributed by atoms with Gasteiger partial charge in [0.15, 0.2) is 0 Å². The van der Waals surface area contributed by atoms with Crippen molar-refractivity contribution in [2.75, 3.05) is 7.11 Å². The monoisotopic (exact) mass is 271 g/mol. The lowest BCUT2D eigenvalue weighted by atomic mass is 10.1. The lowest BCUT2D eigenvalue weighted by Crippen LogP contribution is -2.49. The average molecular weight is 271 g/mol. The quantitative estimate of drug-likeness (QED) is 0.681. The smallest absolute Gasteiger partial charge is 0.417 e. The van der Waals surface area contributed by atoms with Crippen molar-refractivity contribution in [3.05, 3.63) is 0 Å². The molecule has 0 aliphatic carbocycles. The van der Waals surface area contributed by atoms with Crippen LogP contribution in [-0.4, -0.2) is 41.6 Å². The molecule has 1 aliphatic heterocycles. The van der Waals surface area contributed by atoms with Crippen molar-refractivity contribution in [1.82, 2.24) is 4.90 Å². The number of ether oxygens (including phenoxy) is 2. The van der Waals surface area contributed by atoms with Gasteiger partial charge in [-0.3, -0.25) is 4.79 Å². The first-order valence-electron chi connectivity index (χ1n) is 6.39. The first-order valence-corrected chi connectivity index (χ1v) is 6.39. The summed E-state index contributed by atoms with van der Waals surface area (Å²) in [7, 11) is 1.24. The van der Waals surface area contributed by atoms with E-state index >= 15 is 0 Å². The molecule has 19 heavy (non-hydrogen) atoms. The van der Waals surface area contributed by atoms with Gasteiger partial charge in [0.05, 0.1) is 7.11 Å². The lowest BCUT2D eigenvalue weighted by Gasteiger charge is -2.29. The molecule has 1 heterocycles. The zero-order valence-corrected chi connectivity index (χ0v) is 11.9. The van der Waals surface area contributed by atoms with Gasteiger partial charge < -0.3 is 9.47 Å². The van der Waals surface area contributed by atoms with Gasteiger partial charge in [0.25, 0.3) is 0 Å². The molecule has 0 aromatic carbocycles. The van der Waals surface area contributed by atoms with Crippen molar-refractivity contribution in [2.24, 2.45) is 0 Å². The van der Waals surface area contributed by atoms with Crippen LogP contribution in [0.25, 0.3) is 0 Å². The fraction of sp³-hybridized carbons (Fsp3) is 0.769. The second kappa shape index (κ2) is 6.04. The maximum absolute atomic E-state index is 12.1. The molecule has 1 fully saturated rings. The largest absolute Gasteiger partial charge is 0.467 e. The van der Waals surface area contributed by atoms with Crippen LogP contribution in [0.3, 0.4) is 0 Å². The molecule has 1 aliphatic rings. The van der Waals surface area contributed by atoms with E-state index in [2.05, 4.69) is 4.74 Å². The summed E-state index contributed by atoms with van der Waals surface area (Å²) in [5.41, 5.74) is -0.718. The first-order chi connectivity index (χ1) is 8.76. The summed E-state index contributed by atoms with van der Waals surface area (Å²) in [6.07, 6.45) is 1.23. The summed E-state index contributed by atoms with van der Waals surface area (Å²) >= 11 is 0. The van der Waals surface area contributed by atoms with Gasteiger partial charge in [0.2, 0.25) is 5.91 Å². The third kappa shape index (κ3) is 4.22. The van der Waals surface area contributed by atoms with Crippen molar-refractivity contribution in [1.29, 1.82) is 0 Å². The van der Waals surface area contributed by atoms with Crippen molar-refractivity contribution in [3.8, 4) is 0 Å². The Morgan fingerprint density at radius 1 is 1.26 bits per heavy atom. The van der Waals surface area contributed by atoms with Crippen LogP contribution in [0.2, 0.25) is 0 Å². The third-order valence-corrected chi connectivity index (χ3v) is 2.76. The van der Waals surface area contributed by atoms with Crippen LogP contribution in [0.5, 0.6) is 0 Å². The van der Waals surface area contributed by atoms with Crippen molar-refractivity contribution in [2.45, 2.75) is 58.1 Å². The first kappa shape index (κ1) is 15.5. The molecule has 6 nitrogen and oxygen atoms in total. The predicted octanol–water partition coefficient (Wildman–Crippen LogP) is 1.87. The topological polar surface area (TPSA) is 72.9 Å². The van der Waals surface area contributed by atoms with Crippen LogP contribution in [0.4, 0.5) is 4.79 Å². The molecule has 1 rings (SSSR count). The molecule has 0 spiro atoms. The van der Waals surface area contributed by atoms with E-state index in [1.54, 1.807) is 20.8 Å². The van der Waals surface area contributed by atoms with Crippen molar-refractivity contribution >= 4 is 18.0 Å². The minimum absolute atomic E-state index is 0.243. The average Bonchev–Trinajstić information content (AvgIpc) is 2.47. The molecule has 0 aromatic heterocycles.